The highest BCUT2D eigenvalue weighted by molar-refractivity contribution is 8.13. The van der Waals surface area contributed by atoms with Crippen LogP contribution in [0.2, 0.25) is 0 Å². The van der Waals surface area contributed by atoms with Gasteiger partial charge in [-0.15, -0.1) is 0 Å². The molecule has 0 radical (unpaired) electrons. The Bertz CT molecular complexity index is 646. The predicted molar refractivity (Wildman–Crippen MR) is 74.9 cm³/mol. The molecule has 0 aliphatic rings. The topological polar surface area (TPSA) is 116 Å². The van der Waals surface area contributed by atoms with Crippen LogP contribution in [0.4, 0.5) is 5.69 Å². The van der Waals surface area contributed by atoms with E-state index in [0.29, 0.717) is 6.42 Å². The minimum atomic E-state index is -4.18. The van der Waals surface area contributed by atoms with Crippen LogP contribution in [0.1, 0.15) is 12.8 Å². The maximum absolute atomic E-state index is 11.4. The molecule has 0 bridgehead atoms. The van der Waals surface area contributed by atoms with Crippen LogP contribution in [0.15, 0.2) is 23.1 Å². The molecule has 0 spiro atoms. The van der Waals surface area contributed by atoms with E-state index in [-0.39, 0.29) is 24.7 Å². The molecule has 1 N–H and O–H groups in total. The summed E-state index contributed by atoms with van der Waals surface area (Å²) in [4.78, 5) is 20.4. The Kier molecular flexibility index (Phi) is 5.91. The molecule has 0 fully saturated rings. The van der Waals surface area contributed by atoms with Crippen LogP contribution in [0.5, 0.6) is 5.75 Å². The fourth-order valence-electron chi connectivity index (χ4n) is 1.46. The summed E-state index contributed by atoms with van der Waals surface area (Å²) >= 11 is 0. The van der Waals surface area contributed by atoms with E-state index in [2.05, 4.69) is 5.32 Å². The lowest BCUT2D eigenvalue weighted by Gasteiger charge is -2.09. The summed E-state index contributed by atoms with van der Waals surface area (Å²) in [5.41, 5.74) is -0.410. The molecule has 116 valence electrons. The van der Waals surface area contributed by atoms with Gasteiger partial charge in [0.05, 0.1) is 11.5 Å². The van der Waals surface area contributed by atoms with Crippen molar-refractivity contribution >= 4 is 31.3 Å². The van der Waals surface area contributed by atoms with E-state index < -0.39 is 24.6 Å². The first-order chi connectivity index (χ1) is 9.75. The third kappa shape index (κ3) is 5.20. The summed E-state index contributed by atoms with van der Waals surface area (Å²) in [6.45, 7) is 0.0740. The van der Waals surface area contributed by atoms with E-state index >= 15 is 0 Å². The van der Waals surface area contributed by atoms with Gasteiger partial charge < -0.3 is 10.1 Å². The van der Waals surface area contributed by atoms with Gasteiger partial charge in [-0.1, -0.05) is 0 Å². The molecule has 0 unspecified atom stereocenters. The number of nitrogens with zero attached hydrogens (tertiary/aromatic N) is 1. The number of benzene rings is 1. The fourth-order valence-corrected chi connectivity index (χ4v) is 2.45. The van der Waals surface area contributed by atoms with Gasteiger partial charge >= 0.3 is 0 Å². The smallest absolute Gasteiger partial charge is 0.271 e. The standard InChI is InChI=1S/C11H13ClN2O6S/c1-13-11(15)3-2-6-20-9-5-4-8(14(16)17)7-10(9)21(12,18)19/h4-5,7H,2-3,6H2,1H3,(H,13,15). The molecule has 0 atom stereocenters. The number of hydrogen-bond donors (Lipinski definition) is 1. The van der Waals surface area contributed by atoms with E-state index in [1.807, 2.05) is 0 Å². The molecule has 8 nitrogen and oxygen atoms in total. The van der Waals surface area contributed by atoms with Gasteiger partial charge in [0, 0.05) is 36.3 Å². The molecular formula is C11H13ClN2O6S. The van der Waals surface area contributed by atoms with Gasteiger partial charge in [0.1, 0.15) is 10.6 Å². The summed E-state index contributed by atoms with van der Waals surface area (Å²) < 4.78 is 28.1. The summed E-state index contributed by atoms with van der Waals surface area (Å²) in [7, 11) is 2.55. The molecule has 10 heteroatoms. The van der Waals surface area contributed by atoms with Gasteiger partial charge in [-0.05, 0) is 12.5 Å². The van der Waals surface area contributed by atoms with Crippen molar-refractivity contribution in [3.63, 3.8) is 0 Å². The number of nitro benzene ring substituents is 1. The molecule has 1 aromatic carbocycles. The van der Waals surface area contributed by atoms with Crippen LogP contribution in [0, 0.1) is 10.1 Å². The zero-order chi connectivity index (χ0) is 16.0. The second-order valence-corrected chi connectivity index (χ2v) is 6.49. The summed E-state index contributed by atoms with van der Waals surface area (Å²) in [6.07, 6.45) is 0.574. The highest BCUT2D eigenvalue weighted by Crippen LogP contribution is 2.30. The molecule has 1 rings (SSSR count). The number of hydrogen-bond acceptors (Lipinski definition) is 6. The number of nitrogens with one attached hydrogen (secondary N) is 1. The van der Waals surface area contributed by atoms with Crippen molar-refractivity contribution in [3.05, 3.63) is 28.3 Å². The van der Waals surface area contributed by atoms with E-state index in [0.717, 1.165) is 18.2 Å². The zero-order valence-corrected chi connectivity index (χ0v) is 12.6. The van der Waals surface area contributed by atoms with Crippen molar-refractivity contribution in [2.45, 2.75) is 17.7 Å². The Hall–Kier alpha value is -1.87. The molecular weight excluding hydrogens is 324 g/mol. The maximum atomic E-state index is 11.4. The lowest BCUT2D eigenvalue weighted by Crippen LogP contribution is -2.18. The average molecular weight is 337 g/mol. The van der Waals surface area contributed by atoms with Crippen LogP contribution >= 0.6 is 10.7 Å². The lowest BCUT2D eigenvalue weighted by molar-refractivity contribution is -0.385. The Morgan fingerprint density at radius 3 is 2.67 bits per heavy atom. The van der Waals surface area contributed by atoms with Crippen LogP contribution in [-0.4, -0.2) is 32.9 Å². The predicted octanol–water partition coefficient (Wildman–Crippen LogP) is 1.43. The number of carbonyl (C=O) groups excluding carboxylic acids is 1. The SMILES string of the molecule is CNC(=O)CCCOc1ccc([N+](=O)[O-])cc1S(=O)(=O)Cl. The van der Waals surface area contributed by atoms with Gasteiger partial charge in [-0.25, -0.2) is 8.42 Å². The third-order valence-corrected chi connectivity index (χ3v) is 3.83. The van der Waals surface area contributed by atoms with Crippen LogP contribution in [0.3, 0.4) is 0 Å². The van der Waals surface area contributed by atoms with E-state index in [1.54, 1.807) is 0 Å². The fraction of sp³-hybridized carbons (Fsp3) is 0.364. The van der Waals surface area contributed by atoms with E-state index in [1.165, 1.54) is 7.05 Å². The first-order valence-electron chi connectivity index (χ1n) is 5.82. The number of amides is 1. The molecule has 1 aromatic rings. The molecule has 0 saturated heterocycles. The van der Waals surface area contributed by atoms with Crippen molar-refractivity contribution < 1.29 is 22.9 Å². The minimum Gasteiger partial charge on any atom is -0.492 e. The van der Waals surface area contributed by atoms with Crippen molar-refractivity contribution in [1.29, 1.82) is 0 Å². The highest BCUT2D eigenvalue weighted by atomic mass is 35.7. The number of non-ortho nitro benzene ring substituents is 1. The summed E-state index contributed by atoms with van der Waals surface area (Å²) in [5.74, 6) is -0.264. The zero-order valence-electron chi connectivity index (χ0n) is 11.0. The molecule has 0 aliphatic carbocycles. The molecule has 21 heavy (non-hydrogen) atoms. The van der Waals surface area contributed by atoms with Crippen LogP contribution < -0.4 is 10.1 Å². The Balaban J connectivity index is 2.87. The Morgan fingerprint density at radius 2 is 2.14 bits per heavy atom. The highest BCUT2D eigenvalue weighted by Gasteiger charge is 2.21. The number of rotatable bonds is 7. The molecule has 1 amide bonds. The molecule has 0 aliphatic heterocycles. The quantitative estimate of drug-likeness (QED) is 0.348. The number of nitro groups is 1. The number of ether oxygens (including phenoxy) is 1. The first kappa shape index (κ1) is 17.2. The Labute approximate surface area is 125 Å². The number of carbonyl (C=O) groups is 1. The van der Waals surface area contributed by atoms with E-state index in [9.17, 15) is 23.3 Å². The normalized spacial score (nSPS) is 11.0. The Morgan fingerprint density at radius 1 is 1.48 bits per heavy atom. The van der Waals surface area contributed by atoms with Gasteiger partial charge in [-0.2, -0.15) is 0 Å². The monoisotopic (exact) mass is 336 g/mol. The van der Waals surface area contributed by atoms with Gasteiger partial charge in [0.25, 0.3) is 14.7 Å². The van der Waals surface area contributed by atoms with Gasteiger partial charge in [-0.3, -0.25) is 14.9 Å². The minimum absolute atomic E-state index is 0.0740. The summed E-state index contributed by atoms with van der Waals surface area (Å²) in [5, 5.41) is 13.1. The van der Waals surface area contributed by atoms with Crippen LogP contribution in [-0.2, 0) is 13.8 Å². The van der Waals surface area contributed by atoms with Crippen LogP contribution in [0.25, 0.3) is 0 Å². The summed E-state index contributed by atoms with van der Waals surface area (Å²) in [6, 6.07) is 3.10. The lowest BCUT2D eigenvalue weighted by atomic mass is 10.3. The average Bonchev–Trinajstić information content (AvgIpc) is 2.42. The second-order valence-electron chi connectivity index (χ2n) is 3.95. The van der Waals surface area contributed by atoms with Crippen molar-refractivity contribution in [2.24, 2.45) is 0 Å². The van der Waals surface area contributed by atoms with Crippen molar-refractivity contribution in [3.8, 4) is 5.75 Å². The molecule has 0 heterocycles. The van der Waals surface area contributed by atoms with Crippen molar-refractivity contribution in [1.82, 2.24) is 5.32 Å². The van der Waals surface area contributed by atoms with Crippen molar-refractivity contribution in [2.75, 3.05) is 13.7 Å². The van der Waals surface area contributed by atoms with Gasteiger partial charge in [0.15, 0.2) is 0 Å². The molecule has 0 aromatic heterocycles. The largest absolute Gasteiger partial charge is 0.492 e. The maximum Gasteiger partial charge on any atom is 0.271 e. The van der Waals surface area contributed by atoms with Gasteiger partial charge in [0.2, 0.25) is 5.91 Å². The third-order valence-electron chi connectivity index (χ3n) is 2.49. The molecule has 0 saturated carbocycles. The second kappa shape index (κ2) is 7.23. The number of halogens is 1. The first-order valence-corrected chi connectivity index (χ1v) is 8.13. The van der Waals surface area contributed by atoms with E-state index in [4.69, 9.17) is 15.4 Å².